The van der Waals surface area contributed by atoms with E-state index >= 15 is 0 Å². The van der Waals surface area contributed by atoms with E-state index in [1.165, 1.54) is 0 Å². The van der Waals surface area contributed by atoms with Crippen LogP contribution in [0.2, 0.25) is 0 Å². The standard InChI is InChI=1S/C22H23N3O2/c1-2-24-14-16(18-7-3-4-9-20(18)24)12-21(26)25-11-10-17-15(13-25)6-5-8-19(17)22(23)27/h3-9,14H,2,10-13H2,1H3,(H2,23,27). The number of aryl methyl sites for hydroxylation is 1. The lowest BCUT2D eigenvalue weighted by atomic mass is 9.94. The fraction of sp³-hybridized carbons (Fsp3) is 0.273. The van der Waals surface area contributed by atoms with Gasteiger partial charge in [-0.05, 0) is 42.2 Å². The molecule has 1 aliphatic rings. The summed E-state index contributed by atoms with van der Waals surface area (Å²) in [6, 6.07) is 13.8. The number of amides is 2. The van der Waals surface area contributed by atoms with Crippen LogP contribution in [0, 0.1) is 0 Å². The molecular weight excluding hydrogens is 338 g/mol. The van der Waals surface area contributed by atoms with Gasteiger partial charge in [-0.3, -0.25) is 9.59 Å². The van der Waals surface area contributed by atoms with Crippen molar-refractivity contribution in [1.29, 1.82) is 0 Å². The maximum absolute atomic E-state index is 13.0. The molecule has 2 aromatic carbocycles. The van der Waals surface area contributed by atoms with Gasteiger partial charge in [0.1, 0.15) is 0 Å². The molecule has 2 amide bonds. The predicted molar refractivity (Wildman–Crippen MR) is 105 cm³/mol. The summed E-state index contributed by atoms with van der Waals surface area (Å²) in [6.45, 7) is 4.13. The third-order valence-corrected chi connectivity index (χ3v) is 5.44. The lowest BCUT2D eigenvalue weighted by molar-refractivity contribution is -0.131. The molecule has 0 radical (unpaired) electrons. The third kappa shape index (κ3) is 3.10. The summed E-state index contributed by atoms with van der Waals surface area (Å²) in [6.07, 6.45) is 3.14. The number of aromatic nitrogens is 1. The van der Waals surface area contributed by atoms with Crippen molar-refractivity contribution in [1.82, 2.24) is 9.47 Å². The lowest BCUT2D eigenvalue weighted by Gasteiger charge is -2.30. The van der Waals surface area contributed by atoms with E-state index < -0.39 is 5.91 Å². The van der Waals surface area contributed by atoms with E-state index in [4.69, 9.17) is 5.73 Å². The highest BCUT2D eigenvalue weighted by Gasteiger charge is 2.24. The Bertz CT molecular complexity index is 1040. The largest absolute Gasteiger partial charge is 0.366 e. The van der Waals surface area contributed by atoms with Crippen LogP contribution in [0.1, 0.15) is 34.0 Å². The molecular formula is C22H23N3O2. The van der Waals surface area contributed by atoms with Crippen molar-refractivity contribution < 1.29 is 9.59 Å². The molecule has 0 fully saturated rings. The van der Waals surface area contributed by atoms with Crippen LogP contribution in [-0.2, 0) is 30.7 Å². The number of fused-ring (bicyclic) bond motifs is 2. The molecule has 0 aliphatic carbocycles. The first-order chi connectivity index (χ1) is 13.1. The van der Waals surface area contributed by atoms with Gasteiger partial charge in [0.05, 0.1) is 6.42 Å². The number of carbonyl (C=O) groups excluding carboxylic acids is 2. The first-order valence-corrected chi connectivity index (χ1v) is 9.33. The van der Waals surface area contributed by atoms with Crippen molar-refractivity contribution in [3.8, 4) is 0 Å². The van der Waals surface area contributed by atoms with Crippen molar-refractivity contribution in [3.63, 3.8) is 0 Å². The van der Waals surface area contributed by atoms with E-state index in [1.54, 1.807) is 6.07 Å². The number of rotatable bonds is 4. The highest BCUT2D eigenvalue weighted by atomic mass is 16.2. The summed E-state index contributed by atoms with van der Waals surface area (Å²) in [5.74, 6) is -0.289. The first kappa shape index (κ1) is 17.3. The summed E-state index contributed by atoms with van der Waals surface area (Å²) in [5, 5.41) is 1.14. The molecule has 0 unspecified atom stereocenters. The maximum atomic E-state index is 13.0. The third-order valence-electron chi connectivity index (χ3n) is 5.44. The number of primary amides is 1. The van der Waals surface area contributed by atoms with Crippen molar-refractivity contribution in [2.75, 3.05) is 6.54 Å². The molecule has 1 aromatic heterocycles. The van der Waals surface area contributed by atoms with Crippen molar-refractivity contribution in [2.45, 2.75) is 32.9 Å². The fourth-order valence-corrected chi connectivity index (χ4v) is 4.05. The van der Waals surface area contributed by atoms with Crippen LogP contribution in [0.5, 0.6) is 0 Å². The molecule has 27 heavy (non-hydrogen) atoms. The van der Waals surface area contributed by atoms with Gasteiger partial charge in [-0.1, -0.05) is 30.3 Å². The molecule has 5 nitrogen and oxygen atoms in total. The van der Waals surface area contributed by atoms with Gasteiger partial charge in [0.15, 0.2) is 0 Å². The first-order valence-electron chi connectivity index (χ1n) is 9.33. The molecule has 0 atom stereocenters. The average Bonchev–Trinajstić information content (AvgIpc) is 3.04. The van der Waals surface area contributed by atoms with Crippen LogP contribution in [0.4, 0.5) is 0 Å². The molecule has 0 saturated heterocycles. The number of carbonyl (C=O) groups is 2. The minimum absolute atomic E-state index is 0.115. The van der Waals surface area contributed by atoms with Crippen LogP contribution in [-0.4, -0.2) is 27.8 Å². The highest BCUT2D eigenvalue weighted by molar-refractivity contribution is 5.95. The average molecular weight is 361 g/mol. The second-order valence-electron chi connectivity index (χ2n) is 7.01. The molecule has 0 bridgehead atoms. The van der Waals surface area contributed by atoms with Gasteiger partial charge in [0.2, 0.25) is 11.8 Å². The Hall–Kier alpha value is -3.08. The number of nitrogens with zero attached hydrogens (tertiary/aromatic N) is 2. The van der Waals surface area contributed by atoms with E-state index in [2.05, 4.69) is 29.8 Å². The molecule has 4 rings (SSSR count). The highest BCUT2D eigenvalue weighted by Crippen LogP contribution is 2.25. The van der Waals surface area contributed by atoms with E-state index in [0.29, 0.717) is 31.5 Å². The Balaban J connectivity index is 1.57. The van der Waals surface area contributed by atoms with Gasteiger partial charge in [0, 0.05) is 42.3 Å². The van der Waals surface area contributed by atoms with Crippen LogP contribution < -0.4 is 5.73 Å². The monoisotopic (exact) mass is 361 g/mol. The minimum atomic E-state index is -0.404. The lowest BCUT2D eigenvalue weighted by Crippen LogP contribution is -2.37. The number of benzene rings is 2. The number of para-hydroxylation sites is 1. The number of hydrogen-bond donors (Lipinski definition) is 1. The molecule has 2 heterocycles. The predicted octanol–water partition coefficient (Wildman–Crippen LogP) is 2.89. The Morgan fingerprint density at radius 3 is 2.70 bits per heavy atom. The van der Waals surface area contributed by atoms with Gasteiger partial charge in [0.25, 0.3) is 0 Å². The molecule has 3 aromatic rings. The van der Waals surface area contributed by atoms with Gasteiger partial charge < -0.3 is 15.2 Å². The van der Waals surface area contributed by atoms with Crippen molar-refractivity contribution in [2.24, 2.45) is 5.73 Å². The fourth-order valence-electron chi connectivity index (χ4n) is 4.05. The summed E-state index contributed by atoms with van der Waals surface area (Å²) in [4.78, 5) is 26.5. The number of nitrogens with two attached hydrogens (primary N) is 1. The van der Waals surface area contributed by atoms with Gasteiger partial charge in [-0.15, -0.1) is 0 Å². The van der Waals surface area contributed by atoms with Crippen LogP contribution in [0.15, 0.2) is 48.7 Å². The normalized spacial score (nSPS) is 13.6. The van der Waals surface area contributed by atoms with E-state index in [0.717, 1.165) is 34.1 Å². The zero-order chi connectivity index (χ0) is 19.0. The molecule has 0 spiro atoms. The number of hydrogen-bond acceptors (Lipinski definition) is 2. The van der Waals surface area contributed by atoms with E-state index in [1.807, 2.05) is 29.2 Å². The van der Waals surface area contributed by atoms with Crippen LogP contribution >= 0.6 is 0 Å². The zero-order valence-electron chi connectivity index (χ0n) is 15.4. The summed E-state index contributed by atoms with van der Waals surface area (Å²) in [5.41, 5.74) is 10.3. The maximum Gasteiger partial charge on any atom is 0.248 e. The molecule has 1 aliphatic heterocycles. The Morgan fingerprint density at radius 1 is 1.11 bits per heavy atom. The van der Waals surface area contributed by atoms with Crippen LogP contribution in [0.25, 0.3) is 10.9 Å². The van der Waals surface area contributed by atoms with Gasteiger partial charge in [-0.2, -0.15) is 0 Å². The second kappa shape index (κ2) is 6.91. The SMILES string of the molecule is CCn1cc(CC(=O)N2CCc3c(cccc3C(N)=O)C2)c2ccccc21. The summed E-state index contributed by atoms with van der Waals surface area (Å²) >= 11 is 0. The Labute approximate surface area is 158 Å². The Kier molecular flexibility index (Phi) is 4.44. The summed E-state index contributed by atoms with van der Waals surface area (Å²) < 4.78 is 2.18. The Morgan fingerprint density at radius 2 is 1.93 bits per heavy atom. The minimum Gasteiger partial charge on any atom is -0.366 e. The molecule has 2 N–H and O–H groups in total. The summed E-state index contributed by atoms with van der Waals surface area (Å²) in [7, 11) is 0. The van der Waals surface area contributed by atoms with Gasteiger partial charge >= 0.3 is 0 Å². The van der Waals surface area contributed by atoms with Gasteiger partial charge in [-0.25, -0.2) is 0 Å². The smallest absolute Gasteiger partial charge is 0.248 e. The van der Waals surface area contributed by atoms with Crippen LogP contribution in [0.3, 0.4) is 0 Å². The van der Waals surface area contributed by atoms with Crippen molar-refractivity contribution in [3.05, 3.63) is 70.9 Å². The topological polar surface area (TPSA) is 68.3 Å². The second-order valence-corrected chi connectivity index (χ2v) is 7.01. The van der Waals surface area contributed by atoms with Crippen molar-refractivity contribution >= 4 is 22.7 Å². The molecule has 5 heteroatoms. The zero-order valence-corrected chi connectivity index (χ0v) is 15.4. The van der Waals surface area contributed by atoms with E-state index in [9.17, 15) is 9.59 Å². The molecule has 138 valence electrons. The quantitative estimate of drug-likeness (QED) is 0.776. The van der Waals surface area contributed by atoms with E-state index in [-0.39, 0.29) is 5.91 Å². The molecule has 0 saturated carbocycles.